The molecule has 1 aliphatic rings. The molecule has 1 fully saturated rings. The molecule has 0 bridgehead atoms. The molecule has 0 radical (unpaired) electrons. The van der Waals surface area contributed by atoms with Crippen LogP contribution in [0.15, 0.2) is 72.8 Å². The molecule has 8 heteroatoms. The molecular weight excluding hydrogens is 469 g/mol. The number of hydrogen-bond acceptors (Lipinski definition) is 6. The Kier molecular flexibility index (Phi) is 10.3. The summed E-state index contributed by atoms with van der Waals surface area (Å²) in [5.74, 6) is 0.467. The molecule has 3 aromatic carbocycles. The van der Waals surface area contributed by atoms with E-state index in [9.17, 15) is 9.50 Å². The molecule has 2 N–H and O–H groups in total. The van der Waals surface area contributed by atoms with Crippen molar-refractivity contribution in [1.82, 2.24) is 4.90 Å². The predicted molar refractivity (Wildman–Crippen MR) is 135 cm³/mol. The van der Waals surface area contributed by atoms with Crippen LogP contribution in [0.1, 0.15) is 17.2 Å². The van der Waals surface area contributed by atoms with Crippen molar-refractivity contribution in [1.29, 1.82) is 5.26 Å². The molecule has 1 heterocycles. The van der Waals surface area contributed by atoms with Gasteiger partial charge in [0.25, 0.3) is 0 Å². The molecule has 0 aliphatic carbocycles. The summed E-state index contributed by atoms with van der Waals surface area (Å²) in [6.45, 7) is 4.05. The van der Waals surface area contributed by atoms with Crippen molar-refractivity contribution in [3.05, 3.63) is 94.8 Å². The lowest BCUT2D eigenvalue weighted by Crippen LogP contribution is -2.47. The van der Waals surface area contributed by atoms with Crippen LogP contribution < -0.4 is 9.64 Å². The number of piperazine rings is 1. The fraction of sp³-hybridized carbons (Fsp3) is 0.296. The van der Waals surface area contributed by atoms with Crippen LogP contribution >= 0.6 is 11.6 Å². The monoisotopic (exact) mass is 497 g/mol. The van der Waals surface area contributed by atoms with E-state index >= 15 is 0 Å². The Morgan fingerprint density at radius 3 is 2.23 bits per heavy atom. The second-order valence-corrected chi connectivity index (χ2v) is 8.43. The summed E-state index contributed by atoms with van der Waals surface area (Å²) in [5, 5.41) is 28.8. The molecule has 1 saturated heterocycles. The van der Waals surface area contributed by atoms with Gasteiger partial charge in [-0.25, -0.2) is 4.39 Å². The van der Waals surface area contributed by atoms with Gasteiger partial charge in [-0.05, 0) is 42.0 Å². The third-order valence-corrected chi connectivity index (χ3v) is 5.88. The third-order valence-electron chi connectivity index (χ3n) is 5.58. The van der Waals surface area contributed by atoms with Crippen LogP contribution in [0.2, 0.25) is 5.02 Å². The van der Waals surface area contributed by atoms with Gasteiger partial charge >= 0.3 is 0 Å². The minimum atomic E-state index is -0.578. The highest BCUT2D eigenvalue weighted by Crippen LogP contribution is 2.31. The fourth-order valence-corrected chi connectivity index (χ4v) is 4.00. The first kappa shape index (κ1) is 26.5. The number of hydrogen-bond donors (Lipinski definition) is 2. The summed E-state index contributed by atoms with van der Waals surface area (Å²) in [6.07, 6.45) is -0.578. The molecule has 1 atom stereocenters. The van der Waals surface area contributed by atoms with E-state index in [2.05, 4.69) is 15.9 Å². The average Bonchev–Trinajstić information content (AvgIpc) is 2.89. The molecule has 0 spiro atoms. The van der Waals surface area contributed by atoms with Crippen molar-refractivity contribution >= 4 is 17.3 Å². The summed E-state index contributed by atoms with van der Waals surface area (Å²) in [4.78, 5) is 4.45. The molecule has 0 aromatic heterocycles. The van der Waals surface area contributed by atoms with Crippen molar-refractivity contribution < 1.29 is 19.3 Å². The zero-order valence-corrected chi connectivity index (χ0v) is 20.1. The summed E-state index contributed by atoms with van der Waals surface area (Å²) >= 11 is 6.41. The maximum Gasteiger partial charge on any atom is 0.123 e. The Balaban J connectivity index is 0.000000420. The van der Waals surface area contributed by atoms with Gasteiger partial charge in [-0.3, -0.25) is 4.90 Å². The molecule has 3 aromatic rings. The van der Waals surface area contributed by atoms with Gasteiger partial charge in [-0.1, -0.05) is 41.9 Å². The standard InChI is InChI=1S/C21H24ClN3O3.C6H5F/c22-19-13-18(28-12-11-26)5-6-20(19)25-9-7-24(8-10-25)15-21(27)17-3-1-16(14-23)2-4-17;7-6-4-2-1-3-5-6/h1-6,13,21,26-27H,7-12,15H2;1-5H. The number of anilines is 1. The zero-order chi connectivity index (χ0) is 25.0. The predicted octanol–water partition coefficient (Wildman–Crippen LogP) is 4.26. The topological polar surface area (TPSA) is 80.0 Å². The van der Waals surface area contributed by atoms with Crippen molar-refractivity contribution in [3.63, 3.8) is 0 Å². The maximum atomic E-state index is 11.9. The number of halogens is 2. The average molecular weight is 498 g/mol. The van der Waals surface area contributed by atoms with Crippen molar-refractivity contribution in [2.75, 3.05) is 50.8 Å². The van der Waals surface area contributed by atoms with Gasteiger partial charge in [0.15, 0.2) is 0 Å². The van der Waals surface area contributed by atoms with Crippen molar-refractivity contribution in [3.8, 4) is 11.8 Å². The summed E-state index contributed by atoms with van der Waals surface area (Å²) in [7, 11) is 0. The minimum absolute atomic E-state index is 0.0321. The van der Waals surface area contributed by atoms with Gasteiger partial charge in [0.2, 0.25) is 0 Å². The Bertz CT molecular complexity index is 1090. The van der Waals surface area contributed by atoms with E-state index in [-0.39, 0.29) is 19.0 Å². The van der Waals surface area contributed by atoms with E-state index in [0.29, 0.717) is 22.9 Å². The van der Waals surface area contributed by atoms with E-state index in [1.54, 1.807) is 48.5 Å². The lowest BCUT2D eigenvalue weighted by atomic mass is 10.1. The van der Waals surface area contributed by atoms with Gasteiger partial charge in [0.05, 0.1) is 35.1 Å². The number of nitrogens with zero attached hydrogens (tertiary/aromatic N) is 3. The molecule has 4 rings (SSSR count). The molecule has 35 heavy (non-hydrogen) atoms. The SMILES string of the molecule is Fc1ccccc1.N#Cc1ccc(C(O)CN2CCN(c3ccc(OCCO)cc3Cl)CC2)cc1. The molecule has 0 saturated carbocycles. The van der Waals surface area contributed by atoms with Crippen molar-refractivity contribution in [2.45, 2.75) is 6.10 Å². The van der Waals surface area contributed by atoms with E-state index < -0.39 is 6.10 Å². The summed E-state index contributed by atoms with van der Waals surface area (Å²) < 4.78 is 17.3. The Morgan fingerprint density at radius 1 is 1.00 bits per heavy atom. The maximum absolute atomic E-state index is 11.9. The van der Waals surface area contributed by atoms with Crippen LogP contribution in [0, 0.1) is 17.1 Å². The summed E-state index contributed by atoms with van der Waals surface area (Å²) in [5.41, 5.74) is 2.38. The first-order valence-corrected chi connectivity index (χ1v) is 11.8. The van der Waals surface area contributed by atoms with E-state index in [1.807, 2.05) is 12.1 Å². The zero-order valence-electron chi connectivity index (χ0n) is 19.4. The lowest BCUT2D eigenvalue weighted by molar-refractivity contribution is 0.109. The molecular formula is C27H29ClFN3O3. The highest BCUT2D eigenvalue weighted by atomic mass is 35.5. The lowest BCUT2D eigenvalue weighted by Gasteiger charge is -2.37. The number of nitriles is 1. The van der Waals surface area contributed by atoms with Crippen LogP contribution in [0.3, 0.4) is 0 Å². The van der Waals surface area contributed by atoms with Crippen LogP contribution in [-0.2, 0) is 0 Å². The number of rotatable bonds is 7. The number of ether oxygens (including phenoxy) is 1. The number of β-amino-alcohol motifs (C(OH)–C–C–N with tert-alkyl or cyclic N) is 1. The molecule has 1 aliphatic heterocycles. The minimum Gasteiger partial charge on any atom is -0.491 e. The Hall–Kier alpha value is -3.15. The number of aliphatic hydroxyl groups is 2. The van der Waals surface area contributed by atoms with Crippen LogP contribution in [-0.4, -0.2) is 61.1 Å². The number of benzene rings is 3. The molecule has 1 unspecified atom stereocenters. The normalized spacial score (nSPS) is 14.4. The van der Waals surface area contributed by atoms with E-state index in [0.717, 1.165) is 37.4 Å². The number of aliphatic hydroxyl groups excluding tert-OH is 2. The van der Waals surface area contributed by atoms with Crippen LogP contribution in [0.25, 0.3) is 0 Å². The van der Waals surface area contributed by atoms with Gasteiger partial charge in [0, 0.05) is 38.8 Å². The highest BCUT2D eigenvalue weighted by molar-refractivity contribution is 6.33. The van der Waals surface area contributed by atoms with Gasteiger partial charge in [-0.15, -0.1) is 0 Å². The molecule has 6 nitrogen and oxygen atoms in total. The van der Waals surface area contributed by atoms with Crippen molar-refractivity contribution in [2.24, 2.45) is 0 Å². The largest absolute Gasteiger partial charge is 0.491 e. The highest BCUT2D eigenvalue weighted by Gasteiger charge is 2.21. The molecule has 184 valence electrons. The van der Waals surface area contributed by atoms with Crippen LogP contribution in [0.4, 0.5) is 10.1 Å². The van der Waals surface area contributed by atoms with Gasteiger partial charge < -0.3 is 19.8 Å². The quantitative estimate of drug-likeness (QED) is 0.507. The first-order valence-electron chi connectivity index (χ1n) is 11.4. The second-order valence-electron chi connectivity index (χ2n) is 8.02. The Morgan fingerprint density at radius 2 is 1.69 bits per heavy atom. The van der Waals surface area contributed by atoms with Crippen LogP contribution in [0.5, 0.6) is 5.75 Å². The molecule has 0 amide bonds. The smallest absolute Gasteiger partial charge is 0.123 e. The summed E-state index contributed by atoms with van der Waals surface area (Å²) in [6, 6.07) is 22.7. The van der Waals surface area contributed by atoms with Gasteiger partial charge in [0.1, 0.15) is 18.2 Å². The first-order chi connectivity index (χ1) is 17.0. The van der Waals surface area contributed by atoms with Gasteiger partial charge in [-0.2, -0.15) is 5.26 Å². The fourth-order valence-electron chi connectivity index (χ4n) is 3.71. The third kappa shape index (κ3) is 8.23. The second kappa shape index (κ2) is 13.7. The Labute approximate surface area is 210 Å². The van der Waals surface area contributed by atoms with E-state index in [1.165, 1.54) is 12.1 Å². The van der Waals surface area contributed by atoms with E-state index in [4.69, 9.17) is 26.7 Å².